The molecule has 2 heteroatoms. The minimum atomic E-state index is 0.0108. The van der Waals surface area contributed by atoms with Crippen LogP contribution in [0.15, 0.2) is 23.8 Å². The number of benzene rings is 1. The zero-order chi connectivity index (χ0) is 12.6. The standard InChI is InChI=1S/C15H19NO/c1-9(2)15(17)16-13-7-5-6-12-8-10(3)11(4)14(12)13/h5-9,11H,1-4H3,(H,16,17). The summed E-state index contributed by atoms with van der Waals surface area (Å²) < 4.78 is 0. The van der Waals surface area contributed by atoms with Crippen LogP contribution >= 0.6 is 0 Å². The van der Waals surface area contributed by atoms with E-state index in [9.17, 15) is 4.79 Å². The van der Waals surface area contributed by atoms with Crippen LogP contribution in [-0.2, 0) is 4.79 Å². The first kappa shape index (κ1) is 11.9. The van der Waals surface area contributed by atoms with Crippen molar-refractivity contribution in [2.24, 2.45) is 5.92 Å². The van der Waals surface area contributed by atoms with Gasteiger partial charge in [-0.1, -0.05) is 44.6 Å². The molecule has 1 aromatic rings. The van der Waals surface area contributed by atoms with Gasteiger partial charge in [0, 0.05) is 17.5 Å². The maximum absolute atomic E-state index is 11.8. The summed E-state index contributed by atoms with van der Waals surface area (Å²) in [6, 6.07) is 6.09. The third kappa shape index (κ3) is 2.12. The molecule has 17 heavy (non-hydrogen) atoms. The molecule has 1 atom stereocenters. The van der Waals surface area contributed by atoms with Crippen molar-refractivity contribution in [3.05, 3.63) is 34.9 Å². The largest absolute Gasteiger partial charge is 0.326 e. The first-order valence-corrected chi connectivity index (χ1v) is 6.12. The van der Waals surface area contributed by atoms with Crippen LogP contribution in [0, 0.1) is 5.92 Å². The Bertz CT molecular complexity index is 486. The van der Waals surface area contributed by atoms with E-state index in [0.717, 1.165) is 5.69 Å². The maximum Gasteiger partial charge on any atom is 0.226 e. The van der Waals surface area contributed by atoms with Crippen LogP contribution in [0.25, 0.3) is 6.08 Å². The van der Waals surface area contributed by atoms with Crippen molar-refractivity contribution in [3.63, 3.8) is 0 Å². The van der Waals surface area contributed by atoms with Crippen LogP contribution in [0.4, 0.5) is 5.69 Å². The molecular formula is C15H19NO. The van der Waals surface area contributed by atoms with Crippen LogP contribution in [0.5, 0.6) is 0 Å². The van der Waals surface area contributed by atoms with Gasteiger partial charge < -0.3 is 5.32 Å². The average Bonchev–Trinajstić information content (AvgIpc) is 2.56. The molecule has 0 spiro atoms. The van der Waals surface area contributed by atoms with Gasteiger partial charge in [0.1, 0.15) is 0 Å². The summed E-state index contributed by atoms with van der Waals surface area (Å²) in [6.45, 7) is 8.14. The molecule has 90 valence electrons. The first-order chi connectivity index (χ1) is 8.00. The van der Waals surface area contributed by atoms with E-state index in [0.29, 0.717) is 5.92 Å². The number of hydrogen-bond acceptors (Lipinski definition) is 1. The van der Waals surface area contributed by atoms with Crippen LogP contribution in [0.1, 0.15) is 44.7 Å². The number of hydrogen-bond donors (Lipinski definition) is 1. The number of carbonyl (C=O) groups excluding carboxylic acids is 1. The lowest BCUT2D eigenvalue weighted by Gasteiger charge is -2.15. The van der Waals surface area contributed by atoms with Crippen molar-refractivity contribution in [1.82, 2.24) is 0 Å². The van der Waals surface area contributed by atoms with Crippen LogP contribution in [0.3, 0.4) is 0 Å². The van der Waals surface area contributed by atoms with E-state index < -0.39 is 0 Å². The number of nitrogens with one attached hydrogen (secondary N) is 1. The normalized spacial score (nSPS) is 17.9. The van der Waals surface area contributed by atoms with Gasteiger partial charge in [0.25, 0.3) is 0 Å². The maximum atomic E-state index is 11.8. The highest BCUT2D eigenvalue weighted by atomic mass is 16.1. The monoisotopic (exact) mass is 229 g/mol. The molecule has 0 radical (unpaired) electrons. The van der Waals surface area contributed by atoms with E-state index in [1.807, 2.05) is 26.0 Å². The van der Waals surface area contributed by atoms with E-state index in [1.165, 1.54) is 16.7 Å². The molecule has 1 aromatic carbocycles. The Hall–Kier alpha value is -1.57. The molecular weight excluding hydrogens is 210 g/mol. The fraction of sp³-hybridized carbons (Fsp3) is 0.400. The summed E-state index contributed by atoms with van der Waals surface area (Å²) in [5.41, 5.74) is 4.80. The molecule has 1 amide bonds. The first-order valence-electron chi connectivity index (χ1n) is 6.12. The second-order valence-corrected chi connectivity index (χ2v) is 5.06. The number of rotatable bonds is 2. The highest BCUT2D eigenvalue weighted by Gasteiger charge is 2.22. The van der Waals surface area contributed by atoms with Gasteiger partial charge in [-0.15, -0.1) is 0 Å². The van der Waals surface area contributed by atoms with Gasteiger partial charge in [0.2, 0.25) is 5.91 Å². The van der Waals surface area contributed by atoms with Crippen molar-refractivity contribution in [2.75, 3.05) is 5.32 Å². The molecule has 0 fully saturated rings. The average molecular weight is 229 g/mol. The van der Waals surface area contributed by atoms with Crippen LogP contribution < -0.4 is 5.32 Å². The molecule has 1 N–H and O–H groups in total. The van der Waals surface area contributed by atoms with Crippen LogP contribution in [-0.4, -0.2) is 5.91 Å². The summed E-state index contributed by atoms with van der Waals surface area (Å²) in [6.07, 6.45) is 2.20. The van der Waals surface area contributed by atoms with Gasteiger partial charge in [-0.3, -0.25) is 4.79 Å². The van der Waals surface area contributed by atoms with Crippen molar-refractivity contribution in [3.8, 4) is 0 Å². The Kier molecular flexibility index (Phi) is 3.05. The molecule has 1 aliphatic carbocycles. The predicted molar refractivity (Wildman–Crippen MR) is 72.0 cm³/mol. The quantitative estimate of drug-likeness (QED) is 0.821. The van der Waals surface area contributed by atoms with E-state index in [-0.39, 0.29) is 11.8 Å². The van der Waals surface area contributed by atoms with E-state index in [4.69, 9.17) is 0 Å². The summed E-state index contributed by atoms with van der Waals surface area (Å²) >= 11 is 0. The van der Waals surface area contributed by atoms with E-state index >= 15 is 0 Å². The van der Waals surface area contributed by atoms with Crippen molar-refractivity contribution in [1.29, 1.82) is 0 Å². The summed E-state index contributed by atoms with van der Waals surface area (Å²) in [4.78, 5) is 11.8. The summed E-state index contributed by atoms with van der Waals surface area (Å²) in [7, 11) is 0. The summed E-state index contributed by atoms with van der Waals surface area (Å²) in [5.74, 6) is 0.487. The molecule has 0 heterocycles. The number of fused-ring (bicyclic) bond motifs is 1. The van der Waals surface area contributed by atoms with Gasteiger partial charge in [0.15, 0.2) is 0 Å². The lowest BCUT2D eigenvalue weighted by atomic mass is 9.96. The molecule has 0 saturated heterocycles. The molecule has 0 saturated carbocycles. The van der Waals surface area contributed by atoms with Crippen LogP contribution in [0.2, 0.25) is 0 Å². The second kappa shape index (κ2) is 4.36. The van der Waals surface area contributed by atoms with Gasteiger partial charge in [0.05, 0.1) is 0 Å². The lowest BCUT2D eigenvalue weighted by molar-refractivity contribution is -0.118. The Labute approximate surface area is 103 Å². The Morgan fingerprint density at radius 3 is 2.71 bits per heavy atom. The fourth-order valence-corrected chi connectivity index (χ4v) is 2.18. The molecule has 1 aliphatic rings. The van der Waals surface area contributed by atoms with Crippen molar-refractivity contribution < 1.29 is 4.79 Å². The van der Waals surface area contributed by atoms with Crippen molar-refractivity contribution in [2.45, 2.75) is 33.6 Å². The topological polar surface area (TPSA) is 29.1 Å². The van der Waals surface area contributed by atoms with E-state index in [1.54, 1.807) is 0 Å². The van der Waals surface area contributed by atoms with Gasteiger partial charge in [-0.05, 0) is 24.1 Å². The Morgan fingerprint density at radius 2 is 2.06 bits per heavy atom. The highest BCUT2D eigenvalue weighted by Crippen LogP contribution is 2.40. The number of allylic oxidation sites excluding steroid dienone is 1. The van der Waals surface area contributed by atoms with Gasteiger partial charge in [-0.25, -0.2) is 0 Å². The SMILES string of the molecule is CC1=Cc2cccc(NC(=O)C(C)C)c2C1C. The fourth-order valence-electron chi connectivity index (χ4n) is 2.18. The second-order valence-electron chi connectivity index (χ2n) is 5.06. The predicted octanol–water partition coefficient (Wildman–Crippen LogP) is 3.80. The lowest BCUT2D eigenvalue weighted by Crippen LogP contribution is -2.19. The molecule has 2 rings (SSSR count). The minimum absolute atomic E-state index is 0.0108. The highest BCUT2D eigenvalue weighted by molar-refractivity contribution is 5.94. The molecule has 0 aliphatic heterocycles. The molecule has 0 aromatic heterocycles. The van der Waals surface area contributed by atoms with Crippen molar-refractivity contribution >= 4 is 17.7 Å². The van der Waals surface area contributed by atoms with Gasteiger partial charge in [-0.2, -0.15) is 0 Å². The third-order valence-corrected chi connectivity index (χ3v) is 3.42. The molecule has 2 nitrogen and oxygen atoms in total. The van der Waals surface area contributed by atoms with Gasteiger partial charge >= 0.3 is 0 Å². The minimum Gasteiger partial charge on any atom is -0.326 e. The smallest absolute Gasteiger partial charge is 0.226 e. The van der Waals surface area contributed by atoms with E-state index in [2.05, 4.69) is 31.3 Å². The zero-order valence-corrected chi connectivity index (χ0v) is 10.9. The molecule has 1 unspecified atom stereocenters. The molecule has 0 bridgehead atoms. The Morgan fingerprint density at radius 1 is 1.35 bits per heavy atom. The third-order valence-electron chi connectivity index (χ3n) is 3.42. The number of anilines is 1. The zero-order valence-electron chi connectivity index (χ0n) is 10.9. The number of amides is 1. The summed E-state index contributed by atoms with van der Waals surface area (Å²) in [5, 5.41) is 3.02. The Balaban J connectivity index is 2.34. The number of carbonyl (C=O) groups is 1.